The smallest absolute Gasteiger partial charge is 0.321 e. The van der Waals surface area contributed by atoms with E-state index in [0.29, 0.717) is 0 Å². The number of nitro groups is 1. The van der Waals surface area contributed by atoms with E-state index >= 15 is 0 Å². The number of nitrogens with zero attached hydrogens (tertiary/aromatic N) is 1. The normalized spacial score (nSPS) is 11.3. The van der Waals surface area contributed by atoms with Crippen molar-refractivity contribution >= 4 is 26.6 Å². The molecule has 0 saturated carbocycles. The van der Waals surface area contributed by atoms with Crippen LogP contribution in [-0.2, 0) is 16.1 Å². The first-order chi connectivity index (χ1) is 10.0. The van der Waals surface area contributed by atoms with Crippen LogP contribution in [0.4, 0.5) is 5.69 Å². The molecular weight excluding hydrogens is 314 g/mol. The highest BCUT2D eigenvalue weighted by Gasteiger charge is 2.33. The standard InChI is InChI=1S/C12H15NO8Si/c1-12(2,3)11(17)21-4-5-6(13(18)19)7(14)8(15)9(16)10(5)22-20/h14-16,20H,4H2,1-3H3. The maximum absolute atomic E-state index is 11.7. The summed E-state index contributed by atoms with van der Waals surface area (Å²) in [5.74, 6) is -3.84. The van der Waals surface area contributed by atoms with Gasteiger partial charge >= 0.3 is 11.7 Å². The van der Waals surface area contributed by atoms with Gasteiger partial charge in [0.25, 0.3) is 9.76 Å². The molecule has 120 valence electrons. The summed E-state index contributed by atoms with van der Waals surface area (Å²) in [5.41, 5.74) is -2.18. The molecule has 0 aromatic heterocycles. The Bertz CT molecular complexity index is 623. The maximum atomic E-state index is 11.7. The molecule has 0 fully saturated rings. The molecule has 0 bridgehead atoms. The Morgan fingerprint density at radius 1 is 1.23 bits per heavy atom. The Labute approximate surface area is 127 Å². The molecule has 1 aromatic carbocycles. The van der Waals surface area contributed by atoms with Crippen LogP contribution in [0.1, 0.15) is 26.3 Å². The molecule has 22 heavy (non-hydrogen) atoms. The molecule has 1 rings (SSSR count). The second kappa shape index (κ2) is 6.20. The number of phenolic OH excluding ortho intramolecular Hbond substituents is 3. The molecule has 9 nitrogen and oxygen atoms in total. The number of benzene rings is 1. The van der Waals surface area contributed by atoms with E-state index in [1.54, 1.807) is 20.8 Å². The number of rotatable bonds is 4. The third kappa shape index (κ3) is 3.28. The van der Waals surface area contributed by atoms with Gasteiger partial charge < -0.3 is 24.9 Å². The number of ether oxygens (including phenoxy) is 1. The molecule has 0 saturated heterocycles. The molecule has 0 atom stereocenters. The van der Waals surface area contributed by atoms with Crippen LogP contribution < -0.4 is 5.19 Å². The van der Waals surface area contributed by atoms with E-state index in [1.165, 1.54) is 0 Å². The van der Waals surface area contributed by atoms with Crippen LogP contribution in [0.25, 0.3) is 0 Å². The summed E-state index contributed by atoms with van der Waals surface area (Å²) in [7, 11) is -1.12. The highest BCUT2D eigenvalue weighted by molar-refractivity contribution is 6.48. The average Bonchev–Trinajstić information content (AvgIpc) is 2.40. The zero-order chi connectivity index (χ0) is 17.2. The van der Waals surface area contributed by atoms with Gasteiger partial charge in [-0.2, -0.15) is 0 Å². The van der Waals surface area contributed by atoms with Crippen molar-refractivity contribution in [3.05, 3.63) is 15.7 Å². The quantitative estimate of drug-likeness (QED) is 0.199. The first-order valence-electron chi connectivity index (χ1n) is 6.03. The van der Waals surface area contributed by atoms with Crippen molar-refractivity contribution in [3.63, 3.8) is 0 Å². The van der Waals surface area contributed by atoms with Crippen molar-refractivity contribution in [3.8, 4) is 17.2 Å². The van der Waals surface area contributed by atoms with Gasteiger partial charge in [0.15, 0.2) is 5.75 Å². The van der Waals surface area contributed by atoms with Crippen LogP contribution in [0.2, 0.25) is 0 Å². The van der Waals surface area contributed by atoms with Crippen molar-refractivity contribution in [1.29, 1.82) is 0 Å². The van der Waals surface area contributed by atoms with Crippen molar-refractivity contribution < 1.29 is 34.6 Å². The summed E-state index contributed by atoms with van der Waals surface area (Å²) < 4.78 is 4.92. The Kier molecular flexibility index (Phi) is 4.99. The van der Waals surface area contributed by atoms with Gasteiger partial charge in [-0.25, -0.2) is 0 Å². The third-order valence-corrected chi connectivity index (χ3v) is 3.51. The summed E-state index contributed by atoms with van der Waals surface area (Å²) in [5, 5.41) is 39.4. The zero-order valence-electron chi connectivity index (χ0n) is 12.1. The second-order valence-corrected chi connectivity index (χ2v) is 6.17. The van der Waals surface area contributed by atoms with Crippen LogP contribution in [-0.4, -0.2) is 40.8 Å². The lowest BCUT2D eigenvalue weighted by atomic mass is 9.97. The molecule has 1 aromatic rings. The lowest BCUT2D eigenvalue weighted by molar-refractivity contribution is -0.386. The predicted molar refractivity (Wildman–Crippen MR) is 74.9 cm³/mol. The first kappa shape index (κ1) is 17.7. The topological polar surface area (TPSA) is 150 Å². The summed E-state index contributed by atoms with van der Waals surface area (Å²) in [6, 6.07) is 0. The van der Waals surface area contributed by atoms with E-state index in [1.807, 2.05) is 0 Å². The molecule has 0 aliphatic carbocycles. The number of nitro benzene ring substituents is 1. The van der Waals surface area contributed by atoms with Crippen LogP contribution in [0, 0.1) is 15.5 Å². The van der Waals surface area contributed by atoms with E-state index in [-0.39, 0.29) is 10.8 Å². The van der Waals surface area contributed by atoms with Gasteiger partial charge in [-0.15, -0.1) is 0 Å². The fourth-order valence-corrected chi connectivity index (χ4v) is 2.11. The number of aromatic hydroxyl groups is 3. The molecule has 0 amide bonds. The van der Waals surface area contributed by atoms with E-state index in [2.05, 4.69) is 0 Å². The molecule has 4 N–H and O–H groups in total. The van der Waals surface area contributed by atoms with Crippen molar-refractivity contribution in [1.82, 2.24) is 0 Å². The lowest BCUT2D eigenvalue weighted by Crippen LogP contribution is -2.26. The van der Waals surface area contributed by atoms with Gasteiger partial charge in [-0.1, -0.05) is 0 Å². The summed E-state index contributed by atoms with van der Waals surface area (Å²) in [6.45, 7) is 4.08. The minimum Gasteiger partial charge on any atom is -0.504 e. The van der Waals surface area contributed by atoms with Crippen molar-refractivity contribution in [2.24, 2.45) is 5.41 Å². The fraction of sp³-hybridized carbons (Fsp3) is 0.417. The zero-order valence-corrected chi connectivity index (χ0v) is 13.1. The lowest BCUT2D eigenvalue weighted by Gasteiger charge is -2.18. The molecule has 2 radical (unpaired) electrons. The van der Waals surface area contributed by atoms with Gasteiger partial charge in [0.2, 0.25) is 11.5 Å². The van der Waals surface area contributed by atoms with Gasteiger partial charge in [0.1, 0.15) is 6.61 Å². The maximum Gasteiger partial charge on any atom is 0.321 e. The number of carbonyl (C=O) groups excluding carboxylic acids is 1. The molecule has 0 aliphatic rings. The minimum absolute atomic E-state index is 0.372. The van der Waals surface area contributed by atoms with Crippen LogP contribution in [0.5, 0.6) is 17.2 Å². The molecule has 10 heteroatoms. The van der Waals surface area contributed by atoms with Gasteiger partial charge in [0.05, 0.1) is 15.9 Å². The molecule has 0 unspecified atom stereocenters. The van der Waals surface area contributed by atoms with Crippen molar-refractivity contribution in [2.75, 3.05) is 0 Å². The molecule has 0 aliphatic heterocycles. The highest BCUT2D eigenvalue weighted by atomic mass is 28.2. The van der Waals surface area contributed by atoms with Crippen LogP contribution in [0.15, 0.2) is 0 Å². The Morgan fingerprint density at radius 3 is 2.18 bits per heavy atom. The summed E-state index contributed by atoms with van der Waals surface area (Å²) in [4.78, 5) is 31.0. The number of phenols is 3. The van der Waals surface area contributed by atoms with Gasteiger partial charge in [-0.05, 0) is 20.8 Å². The number of esters is 1. The first-order valence-corrected chi connectivity index (χ1v) is 6.98. The summed E-state index contributed by atoms with van der Waals surface area (Å²) in [6.07, 6.45) is 0. The third-order valence-electron chi connectivity index (χ3n) is 2.75. The van der Waals surface area contributed by atoms with E-state index in [9.17, 15) is 35.0 Å². The number of hydrogen-bond acceptors (Lipinski definition) is 8. The largest absolute Gasteiger partial charge is 0.504 e. The second-order valence-electron chi connectivity index (χ2n) is 5.44. The SMILES string of the molecule is CC(C)(C)C(=O)OCc1c([Si]O)c(O)c(O)c(O)c1[N+](=O)[O-]. The van der Waals surface area contributed by atoms with E-state index < -0.39 is 55.6 Å². The number of carbonyl (C=O) groups is 1. The molecular formula is C12H15NO8Si. The van der Waals surface area contributed by atoms with Gasteiger partial charge in [-0.3, -0.25) is 14.9 Å². The molecule has 0 spiro atoms. The van der Waals surface area contributed by atoms with Crippen molar-refractivity contribution in [2.45, 2.75) is 27.4 Å². The average molecular weight is 329 g/mol. The Morgan fingerprint density at radius 2 is 1.77 bits per heavy atom. The van der Waals surface area contributed by atoms with Gasteiger partial charge in [0, 0.05) is 5.19 Å². The number of hydrogen-bond donors (Lipinski definition) is 4. The monoisotopic (exact) mass is 329 g/mol. The highest BCUT2D eigenvalue weighted by Crippen LogP contribution is 2.43. The Hall–Kier alpha value is -2.33. The Balaban J connectivity index is 3.39. The van der Waals surface area contributed by atoms with Crippen LogP contribution >= 0.6 is 0 Å². The molecule has 0 heterocycles. The van der Waals surface area contributed by atoms with E-state index in [0.717, 1.165) is 0 Å². The van der Waals surface area contributed by atoms with Crippen LogP contribution in [0.3, 0.4) is 0 Å². The fourth-order valence-electron chi connectivity index (χ4n) is 1.56. The predicted octanol–water partition coefficient (Wildman–Crippen LogP) is 0.0377. The summed E-state index contributed by atoms with van der Waals surface area (Å²) >= 11 is 0. The van der Waals surface area contributed by atoms with E-state index in [4.69, 9.17) is 4.74 Å². The minimum atomic E-state index is -1.16.